The third-order valence-corrected chi connectivity index (χ3v) is 5.73. The predicted molar refractivity (Wildman–Crippen MR) is 121 cm³/mol. The molecule has 1 amide bonds. The van der Waals surface area contributed by atoms with Gasteiger partial charge in [0.05, 0.1) is 26.5 Å². The van der Waals surface area contributed by atoms with Gasteiger partial charge in [-0.15, -0.1) is 0 Å². The van der Waals surface area contributed by atoms with Crippen LogP contribution in [-0.4, -0.2) is 48.3 Å². The number of benzene rings is 2. The highest BCUT2D eigenvalue weighted by Gasteiger charge is 2.26. The second kappa shape index (κ2) is 9.82. The Morgan fingerprint density at radius 2 is 1.97 bits per heavy atom. The van der Waals surface area contributed by atoms with Crippen LogP contribution in [0.2, 0.25) is 0 Å². The lowest BCUT2D eigenvalue weighted by Crippen LogP contribution is -2.37. The van der Waals surface area contributed by atoms with E-state index < -0.39 is 0 Å². The number of anilines is 1. The Morgan fingerprint density at radius 1 is 1.16 bits per heavy atom. The molecule has 1 saturated heterocycles. The second-order valence-electron chi connectivity index (χ2n) is 7.99. The SMILES string of the molecule is COc1ccc(NC(=O)C2CCN(Cc3nc(-c4cccc(C)c4)no3)CC2)c(OC)c1. The molecule has 0 saturated carbocycles. The first kappa shape index (κ1) is 21.8. The normalized spacial score (nSPS) is 14.8. The highest BCUT2D eigenvalue weighted by atomic mass is 16.5. The number of piperidine rings is 1. The minimum Gasteiger partial charge on any atom is -0.497 e. The number of carbonyl (C=O) groups excluding carboxylic acids is 1. The van der Waals surface area contributed by atoms with Gasteiger partial charge >= 0.3 is 0 Å². The molecule has 4 rings (SSSR count). The number of methoxy groups -OCH3 is 2. The first-order valence-corrected chi connectivity index (χ1v) is 10.7. The highest BCUT2D eigenvalue weighted by Crippen LogP contribution is 2.30. The summed E-state index contributed by atoms with van der Waals surface area (Å²) in [5.41, 5.74) is 2.75. The Balaban J connectivity index is 1.30. The van der Waals surface area contributed by atoms with Crippen LogP contribution >= 0.6 is 0 Å². The Bertz CT molecular complexity index is 1070. The maximum absolute atomic E-state index is 12.8. The van der Waals surface area contributed by atoms with Crippen molar-refractivity contribution >= 4 is 11.6 Å². The fraction of sp³-hybridized carbons (Fsp3) is 0.375. The maximum Gasteiger partial charge on any atom is 0.241 e. The van der Waals surface area contributed by atoms with E-state index in [1.807, 2.05) is 31.2 Å². The van der Waals surface area contributed by atoms with Crippen molar-refractivity contribution in [2.45, 2.75) is 26.3 Å². The molecule has 8 heteroatoms. The van der Waals surface area contributed by atoms with Gasteiger partial charge in [-0.3, -0.25) is 9.69 Å². The zero-order valence-corrected chi connectivity index (χ0v) is 18.6. The molecule has 168 valence electrons. The number of amides is 1. The average molecular weight is 437 g/mol. The Morgan fingerprint density at radius 3 is 2.69 bits per heavy atom. The van der Waals surface area contributed by atoms with Crippen molar-refractivity contribution in [1.82, 2.24) is 15.0 Å². The van der Waals surface area contributed by atoms with Crippen LogP contribution in [0.1, 0.15) is 24.3 Å². The summed E-state index contributed by atoms with van der Waals surface area (Å²) in [7, 11) is 3.17. The van der Waals surface area contributed by atoms with Gasteiger partial charge in [-0.25, -0.2) is 0 Å². The van der Waals surface area contributed by atoms with E-state index in [4.69, 9.17) is 14.0 Å². The van der Waals surface area contributed by atoms with Gasteiger partial charge in [0.25, 0.3) is 0 Å². The number of likely N-dealkylation sites (tertiary alicyclic amines) is 1. The third-order valence-electron chi connectivity index (χ3n) is 5.73. The number of nitrogens with zero attached hydrogens (tertiary/aromatic N) is 3. The quantitative estimate of drug-likeness (QED) is 0.600. The molecule has 3 aromatic rings. The molecule has 0 spiro atoms. The zero-order valence-electron chi connectivity index (χ0n) is 18.6. The van der Waals surface area contributed by atoms with E-state index in [2.05, 4.69) is 20.4 Å². The molecule has 8 nitrogen and oxygen atoms in total. The minimum atomic E-state index is -0.0522. The van der Waals surface area contributed by atoms with E-state index in [9.17, 15) is 4.79 Å². The lowest BCUT2D eigenvalue weighted by molar-refractivity contribution is -0.121. The average Bonchev–Trinajstić information content (AvgIpc) is 3.28. The number of hydrogen-bond acceptors (Lipinski definition) is 7. The summed E-state index contributed by atoms with van der Waals surface area (Å²) in [6.45, 7) is 4.20. The molecule has 0 unspecified atom stereocenters. The lowest BCUT2D eigenvalue weighted by atomic mass is 9.96. The number of aryl methyl sites for hydroxylation is 1. The monoisotopic (exact) mass is 436 g/mol. The van der Waals surface area contributed by atoms with Gasteiger partial charge in [0.15, 0.2) is 0 Å². The van der Waals surface area contributed by atoms with E-state index in [-0.39, 0.29) is 11.8 Å². The number of rotatable bonds is 7. The molecule has 2 aromatic carbocycles. The van der Waals surface area contributed by atoms with Crippen molar-refractivity contribution in [3.8, 4) is 22.9 Å². The number of carbonyl (C=O) groups is 1. The van der Waals surface area contributed by atoms with E-state index in [0.717, 1.165) is 37.1 Å². The fourth-order valence-corrected chi connectivity index (χ4v) is 3.90. The maximum atomic E-state index is 12.8. The van der Waals surface area contributed by atoms with Gasteiger partial charge in [-0.2, -0.15) is 4.98 Å². The van der Waals surface area contributed by atoms with Gasteiger partial charge < -0.3 is 19.3 Å². The van der Waals surface area contributed by atoms with Crippen LogP contribution in [0.15, 0.2) is 47.0 Å². The van der Waals surface area contributed by atoms with Crippen LogP contribution in [0.25, 0.3) is 11.4 Å². The summed E-state index contributed by atoms with van der Waals surface area (Å²) in [5, 5.41) is 7.11. The van der Waals surface area contributed by atoms with Crippen molar-refractivity contribution in [3.05, 3.63) is 53.9 Å². The molecule has 0 radical (unpaired) electrons. The van der Waals surface area contributed by atoms with Crippen molar-refractivity contribution in [1.29, 1.82) is 0 Å². The van der Waals surface area contributed by atoms with Crippen molar-refractivity contribution < 1.29 is 18.8 Å². The molecule has 0 atom stereocenters. The lowest BCUT2D eigenvalue weighted by Gasteiger charge is -2.30. The van der Waals surface area contributed by atoms with E-state index in [1.54, 1.807) is 32.4 Å². The Hall–Kier alpha value is -3.39. The Labute approximate surface area is 187 Å². The van der Waals surface area contributed by atoms with Crippen molar-refractivity contribution in [2.24, 2.45) is 5.92 Å². The molecule has 1 aliphatic rings. The molecule has 0 aliphatic carbocycles. The van der Waals surface area contributed by atoms with E-state index in [0.29, 0.717) is 35.4 Å². The summed E-state index contributed by atoms with van der Waals surface area (Å²) in [6.07, 6.45) is 1.53. The topological polar surface area (TPSA) is 89.7 Å². The molecule has 32 heavy (non-hydrogen) atoms. The zero-order chi connectivity index (χ0) is 22.5. The molecule has 2 heterocycles. The second-order valence-corrected chi connectivity index (χ2v) is 7.99. The molecule has 1 aromatic heterocycles. The Kier molecular flexibility index (Phi) is 6.70. The number of aromatic nitrogens is 2. The smallest absolute Gasteiger partial charge is 0.241 e. The van der Waals surface area contributed by atoms with Gasteiger partial charge in [0.1, 0.15) is 11.5 Å². The summed E-state index contributed by atoms with van der Waals surface area (Å²) in [6, 6.07) is 13.4. The van der Waals surface area contributed by atoms with Crippen LogP contribution in [0.3, 0.4) is 0 Å². The predicted octanol–water partition coefficient (Wildman–Crippen LogP) is 3.91. The fourth-order valence-electron chi connectivity index (χ4n) is 3.90. The van der Waals surface area contributed by atoms with E-state index in [1.165, 1.54) is 0 Å². The highest BCUT2D eigenvalue weighted by molar-refractivity contribution is 5.94. The summed E-state index contributed by atoms with van der Waals surface area (Å²) < 4.78 is 16.0. The summed E-state index contributed by atoms with van der Waals surface area (Å²) in [4.78, 5) is 19.6. The van der Waals surface area contributed by atoms with Crippen molar-refractivity contribution in [3.63, 3.8) is 0 Å². The minimum absolute atomic E-state index is 0.00707. The van der Waals surface area contributed by atoms with Gasteiger partial charge in [-0.1, -0.05) is 28.9 Å². The molecule has 1 aliphatic heterocycles. The number of hydrogen-bond donors (Lipinski definition) is 1. The van der Waals surface area contributed by atoms with Crippen molar-refractivity contribution in [2.75, 3.05) is 32.6 Å². The molecule has 1 N–H and O–H groups in total. The van der Waals surface area contributed by atoms with Gasteiger partial charge in [0, 0.05) is 17.5 Å². The molecular weight excluding hydrogens is 408 g/mol. The van der Waals surface area contributed by atoms with Crippen LogP contribution in [0.5, 0.6) is 11.5 Å². The standard InChI is InChI=1S/C24H28N4O4/c1-16-5-4-6-18(13-16)23-26-22(32-27-23)15-28-11-9-17(10-12-28)24(29)25-20-8-7-19(30-2)14-21(20)31-3/h4-8,13-14,17H,9-12,15H2,1-3H3,(H,25,29). The largest absolute Gasteiger partial charge is 0.497 e. The molecule has 1 fully saturated rings. The van der Waals surface area contributed by atoms with Gasteiger partial charge in [-0.05, 0) is 51.1 Å². The third kappa shape index (κ3) is 5.08. The molecule has 0 bridgehead atoms. The van der Waals surface area contributed by atoms with Crippen LogP contribution in [0, 0.1) is 12.8 Å². The summed E-state index contributed by atoms with van der Waals surface area (Å²) >= 11 is 0. The van der Waals surface area contributed by atoms with Crippen LogP contribution in [0.4, 0.5) is 5.69 Å². The summed E-state index contributed by atoms with van der Waals surface area (Å²) in [5.74, 6) is 2.41. The molecular formula is C24H28N4O4. The van der Waals surface area contributed by atoms with E-state index >= 15 is 0 Å². The first-order chi connectivity index (χ1) is 15.6. The first-order valence-electron chi connectivity index (χ1n) is 10.7. The number of ether oxygens (including phenoxy) is 2. The van der Waals surface area contributed by atoms with Crippen LogP contribution < -0.4 is 14.8 Å². The number of nitrogens with one attached hydrogen (secondary N) is 1. The van der Waals surface area contributed by atoms with Gasteiger partial charge in [0.2, 0.25) is 17.6 Å². The van der Waals surface area contributed by atoms with Crippen LogP contribution in [-0.2, 0) is 11.3 Å².